The lowest BCUT2D eigenvalue weighted by molar-refractivity contribution is -0.138. The van der Waals surface area contributed by atoms with Crippen molar-refractivity contribution in [3.63, 3.8) is 0 Å². The molecule has 7 nitrogen and oxygen atoms in total. The van der Waals surface area contributed by atoms with Crippen LogP contribution in [0.4, 0.5) is 5.69 Å². The number of amides is 3. The first-order valence-electron chi connectivity index (χ1n) is 10.2. The smallest absolute Gasteiger partial charge is 0.278 e. The molecule has 4 rings (SSSR count). The second kappa shape index (κ2) is 8.49. The molecule has 0 spiro atoms. The summed E-state index contributed by atoms with van der Waals surface area (Å²) in [6.07, 6.45) is 4.78. The van der Waals surface area contributed by atoms with Crippen LogP contribution in [-0.4, -0.2) is 45.6 Å². The highest BCUT2D eigenvalue weighted by Crippen LogP contribution is 2.34. The van der Waals surface area contributed by atoms with Crippen LogP contribution in [0.5, 0.6) is 0 Å². The Morgan fingerprint density at radius 2 is 1.73 bits per heavy atom. The molecule has 2 aliphatic heterocycles. The predicted molar refractivity (Wildman–Crippen MR) is 113 cm³/mol. The van der Waals surface area contributed by atoms with Gasteiger partial charge in [0.15, 0.2) is 0 Å². The van der Waals surface area contributed by atoms with Crippen molar-refractivity contribution in [1.29, 1.82) is 0 Å². The van der Waals surface area contributed by atoms with Crippen molar-refractivity contribution in [1.82, 2.24) is 14.8 Å². The number of rotatable bonds is 5. The SMILES string of the molecule is CC(=O)Nc1ccc(C2=C(N3CCCCC3)C(=O)N(Cc3ccccn3)C2=O)cc1. The van der Waals surface area contributed by atoms with Crippen molar-refractivity contribution in [2.45, 2.75) is 32.7 Å². The number of hydrogen-bond donors (Lipinski definition) is 1. The van der Waals surface area contributed by atoms with Crippen molar-refractivity contribution < 1.29 is 14.4 Å². The van der Waals surface area contributed by atoms with Crippen LogP contribution in [0.2, 0.25) is 0 Å². The number of pyridine rings is 1. The summed E-state index contributed by atoms with van der Waals surface area (Å²) in [6.45, 7) is 3.11. The molecule has 2 aromatic rings. The van der Waals surface area contributed by atoms with Gasteiger partial charge in [-0.2, -0.15) is 0 Å². The van der Waals surface area contributed by atoms with Gasteiger partial charge in [0.1, 0.15) is 5.70 Å². The number of piperidine rings is 1. The zero-order valence-electron chi connectivity index (χ0n) is 16.9. The van der Waals surface area contributed by atoms with Crippen LogP contribution in [0, 0.1) is 0 Å². The van der Waals surface area contributed by atoms with Gasteiger partial charge in [-0.25, -0.2) is 0 Å². The van der Waals surface area contributed by atoms with Gasteiger partial charge < -0.3 is 10.2 Å². The van der Waals surface area contributed by atoms with Gasteiger partial charge in [-0.15, -0.1) is 0 Å². The fourth-order valence-electron chi connectivity index (χ4n) is 3.96. The second-order valence-electron chi connectivity index (χ2n) is 7.55. The van der Waals surface area contributed by atoms with Crippen molar-refractivity contribution in [3.05, 3.63) is 65.6 Å². The summed E-state index contributed by atoms with van der Waals surface area (Å²) in [7, 11) is 0. The number of anilines is 1. The average molecular weight is 404 g/mol. The maximum Gasteiger partial charge on any atom is 0.278 e. The molecule has 1 N–H and O–H groups in total. The van der Waals surface area contributed by atoms with Crippen molar-refractivity contribution in [2.75, 3.05) is 18.4 Å². The molecule has 3 heterocycles. The first kappa shape index (κ1) is 19.8. The molecular weight excluding hydrogens is 380 g/mol. The van der Waals surface area contributed by atoms with Crippen LogP contribution in [-0.2, 0) is 20.9 Å². The minimum Gasteiger partial charge on any atom is -0.366 e. The van der Waals surface area contributed by atoms with Crippen LogP contribution in [0.3, 0.4) is 0 Å². The molecule has 1 saturated heterocycles. The van der Waals surface area contributed by atoms with Gasteiger partial charge in [-0.1, -0.05) is 18.2 Å². The van der Waals surface area contributed by atoms with Gasteiger partial charge in [0.25, 0.3) is 11.8 Å². The number of carbonyl (C=O) groups is 3. The fourth-order valence-corrected chi connectivity index (χ4v) is 3.96. The number of nitrogens with zero attached hydrogens (tertiary/aromatic N) is 3. The highest BCUT2D eigenvalue weighted by Gasteiger charge is 2.41. The summed E-state index contributed by atoms with van der Waals surface area (Å²) < 4.78 is 0. The summed E-state index contributed by atoms with van der Waals surface area (Å²) in [5, 5.41) is 2.72. The van der Waals surface area contributed by atoms with Gasteiger partial charge in [0.05, 0.1) is 17.8 Å². The molecule has 3 amide bonds. The third kappa shape index (κ3) is 3.96. The Balaban J connectivity index is 1.70. The highest BCUT2D eigenvalue weighted by molar-refractivity contribution is 6.35. The topological polar surface area (TPSA) is 82.6 Å². The Bertz CT molecular complexity index is 993. The van der Waals surface area contributed by atoms with Gasteiger partial charge in [-0.05, 0) is 49.1 Å². The minimum absolute atomic E-state index is 0.142. The second-order valence-corrected chi connectivity index (χ2v) is 7.55. The van der Waals surface area contributed by atoms with Crippen LogP contribution in [0.25, 0.3) is 5.57 Å². The molecule has 0 aliphatic carbocycles. The molecule has 30 heavy (non-hydrogen) atoms. The maximum absolute atomic E-state index is 13.4. The van der Waals surface area contributed by atoms with Gasteiger partial charge >= 0.3 is 0 Å². The lowest BCUT2D eigenvalue weighted by Gasteiger charge is -2.29. The van der Waals surface area contributed by atoms with E-state index in [4.69, 9.17) is 0 Å². The van der Waals surface area contributed by atoms with Crippen molar-refractivity contribution in [2.24, 2.45) is 0 Å². The summed E-state index contributed by atoms with van der Waals surface area (Å²) >= 11 is 0. The zero-order chi connectivity index (χ0) is 21.1. The van der Waals surface area contributed by atoms with E-state index in [1.807, 2.05) is 11.0 Å². The molecule has 7 heteroatoms. The monoisotopic (exact) mass is 404 g/mol. The molecule has 0 radical (unpaired) electrons. The van der Waals surface area contributed by atoms with Crippen molar-refractivity contribution in [3.8, 4) is 0 Å². The normalized spacial score (nSPS) is 17.0. The Morgan fingerprint density at radius 3 is 2.37 bits per heavy atom. The third-order valence-electron chi connectivity index (χ3n) is 5.36. The molecular formula is C23H24N4O3. The molecule has 2 aliphatic rings. The number of hydrogen-bond acceptors (Lipinski definition) is 5. The largest absolute Gasteiger partial charge is 0.366 e. The minimum atomic E-state index is -0.307. The van der Waals surface area contributed by atoms with Crippen LogP contribution in [0.1, 0.15) is 37.4 Å². The third-order valence-corrected chi connectivity index (χ3v) is 5.36. The van der Waals surface area contributed by atoms with E-state index in [0.29, 0.717) is 28.2 Å². The van der Waals surface area contributed by atoms with E-state index in [2.05, 4.69) is 10.3 Å². The Hall–Kier alpha value is -3.48. The molecule has 1 aromatic carbocycles. The number of carbonyl (C=O) groups excluding carboxylic acids is 3. The van der Waals surface area contributed by atoms with Crippen LogP contribution >= 0.6 is 0 Å². The Kier molecular flexibility index (Phi) is 5.61. The van der Waals surface area contributed by atoms with Crippen LogP contribution < -0.4 is 5.32 Å². The molecule has 1 fully saturated rings. The number of aromatic nitrogens is 1. The first-order valence-corrected chi connectivity index (χ1v) is 10.2. The molecule has 154 valence electrons. The van der Waals surface area contributed by atoms with E-state index < -0.39 is 0 Å². The van der Waals surface area contributed by atoms with Gasteiger partial charge in [0.2, 0.25) is 5.91 Å². The van der Waals surface area contributed by atoms with E-state index in [0.717, 1.165) is 32.4 Å². The number of nitrogens with one attached hydrogen (secondary N) is 1. The lowest BCUT2D eigenvalue weighted by Crippen LogP contribution is -2.37. The van der Waals surface area contributed by atoms with Crippen molar-refractivity contribution >= 4 is 29.0 Å². The summed E-state index contributed by atoms with van der Waals surface area (Å²) in [5.74, 6) is -0.739. The number of imide groups is 1. The van der Waals surface area contributed by atoms with Gasteiger partial charge in [0, 0.05) is 31.9 Å². The molecule has 0 bridgehead atoms. The summed E-state index contributed by atoms with van der Waals surface area (Å²) in [6, 6.07) is 12.5. The highest BCUT2D eigenvalue weighted by atomic mass is 16.2. The van der Waals surface area contributed by atoms with E-state index in [9.17, 15) is 14.4 Å². The van der Waals surface area contributed by atoms with E-state index in [1.165, 1.54) is 11.8 Å². The fraction of sp³-hybridized carbons (Fsp3) is 0.304. The lowest BCUT2D eigenvalue weighted by atomic mass is 10.0. The number of likely N-dealkylation sites (tertiary alicyclic amines) is 1. The maximum atomic E-state index is 13.4. The molecule has 0 unspecified atom stereocenters. The quantitative estimate of drug-likeness (QED) is 0.775. The zero-order valence-corrected chi connectivity index (χ0v) is 16.9. The van der Waals surface area contributed by atoms with Gasteiger partial charge in [-0.3, -0.25) is 24.3 Å². The first-order chi connectivity index (χ1) is 14.5. The van der Waals surface area contributed by atoms with E-state index in [1.54, 1.807) is 42.6 Å². The predicted octanol–water partition coefficient (Wildman–Crippen LogP) is 2.81. The average Bonchev–Trinajstić information content (AvgIpc) is 3.00. The molecule has 0 atom stereocenters. The van der Waals surface area contributed by atoms with E-state index in [-0.39, 0.29) is 24.3 Å². The molecule has 0 saturated carbocycles. The summed E-state index contributed by atoms with van der Waals surface area (Å²) in [4.78, 5) is 45.6. The Morgan fingerprint density at radius 1 is 1.00 bits per heavy atom. The summed E-state index contributed by atoms with van der Waals surface area (Å²) in [5.41, 5.74) is 2.88. The van der Waals surface area contributed by atoms with E-state index >= 15 is 0 Å². The molecule has 1 aromatic heterocycles. The van der Waals surface area contributed by atoms with Crippen LogP contribution in [0.15, 0.2) is 54.4 Å². The Labute approximate surface area is 175 Å². The number of benzene rings is 1. The standard InChI is InChI=1S/C23H24N4O3/c1-16(28)25-18-10-8-17(9-11-18)20-21(26-13-5-2-6-14-26)23(30)27(22(20)29)15-19-7-3-4-12-24-19/h3-4,7-12H,2,5-6,13-15H2,1H3,(H,25,28).